The van der Waals surface area contributed by atoms with Gasteiger partial charge in [-0.25, -0.2) is 17.8 Å². The Morgan fingerprint density at radius 3 is 2.66 bits per heavy atom. The van der Waals surface area contributed by atoms with Gasteiger partial charge in [-0.2, -0.15) is 4.31 Å². The minimum atomic E-state index is -3.67. The molecule has 0 spiro atoms. The first-order valence-electron chi connectivity index (χ1n) is 9.43. The van der Waals surface area contributed by atoms with Crippen LogP contribution < -0.4 is 0 Å². The Labute approximate surface area is 174 Å². The van der Waals surface area contributed by atoms with E-state index >= 15 is 0 Å². The molecular formula is C20H22ClFN4O2S. The van der Waals surface area contributed by atoms with Crippen LogP contribution in [0.3, 0.4) is 0 Å². The van der Waals surface area contributed by atoms with E-state index in [4.69, 9.17) is 11.6 Å². The molecule has 0 atom stereocenters. The van der Waals surface area contributed by atoms with Gasteiger partial charge in [-0.1, -0.05) is 11.6 Å². The maximum absolute atomic E-state index is 13.4. The summed E-state index contributed by atoms with van der Waals surface area (Å²) in [6, 6.07) is 7.54. The standard InChI is InChI=1S/C20H22ClFN4O2S/c1-24-14-15(17-3-2-7-23-20(17)24)6-8-25-9-11-26(12-10-25)29(27,28)16-4-5-19(22)18(21)13-16/h2-5,7,13-14H,6,8-12H2,1H3. The van der Waals surface area contributed by atoms with Crippen LogP contribution in [0.1, 0.15) is 5.56 Å². The van der Waals surface area contributed by atoms with E-state index in [1.807, 2.05) is 17.7 Å². The van der Waals surface area contributed by atoms with Crippen LogP contribution in [-0.2, 0) is 23.5 Å². The Hall–Kier alpha value is -2.00. The van der Waals surface area contributed by atoms with Gasteiger partial charge in [0.1, 0.15) is 11.5 Å². The first-order chi connectivity index (χ1) is 13.9. The lowest BCUT2D eigenvalue weighted by Gasteiger charge is -2.34. The van der Waals surface area contributed by atoms with Gasteiger partial charge in [-0.3, -0.25) is 0 Å². The van der Waals surface area contributed by atoms with E-state index < -0.39 is 15.8 Å². The molecule has 1 saturated heterocycles. The number of benzene rings is 1. The number of hydrogen-bond donors (Lipinski definition) is 0. The molecule has 1 aliphatic heterocycles. The number of piperazine rings is 1. The van der Waals surface area contributed by atoms with E-state index in [2.05, 4.69) is 22.1 Å². The van der Waals surface area contributed by atoms with Gasteiger partial charge in [-0.15, -0.1) is 0 Å². The van der Waals surface area contributed by atoms with Gasteiger partial charge >= 0.3 is 0 Å². The number of fused-ring (bicyclic) bond motifs is 1. The molecule has 154 valence electrons. The van der Waals surface area contributed by atoms with Gasteiger partial charge in [-0.05, 0) is 42.3 Å². The van der Waals surface area contributed by atoms with Gasteiger partial charge < -0.3 is 9.47 Å². The Bertz CT molecular complexity index is 1140. The third-order valence-corrected chi connectivity index (χ3v) is 7.56. The molecule has 4 rings (SSSR count). The summed E-state index contributed by atoms with van der Waals surface area (Å²) in [6.07, 6.45) is 4.78. The summed E-state index contributed by atoms with van der Waals surface area (Å²) in [5, 5.41) is 0.971. The van der Waals surface area contributed by atoms with Crippen molar-refractivity contribution in [3.63, 3.8) is 0 Å². The van der Waals surface area contributed by atoms with Crippen molar-refractivity contribution in [2.45, 2.75) is 11.3 Å². The zero-order valence-corrected chi connectivity index (χ0v) is 17.6. The second-order valence-corrected chi connectivity index (χ2v) is 9.56. The van der Waals surface area contributed by atoms with Crippen molar-refractivity contribution >= 4 is 32.7 Å². The number of pyridine rings is 1. The van der Waals surface area contributed by atoms with Gasteiger partial charge in [0.05, 0.1) is 9.92 Å². The highest BCUT2D eigenvalue weighted by Gasteiger charge is 2.29. The fourth-order valence-corrected chi connectivity index (χ4v) is 5.44. The molecule has 1 fully saturated rings. The predicted molar refractivity (Wildman–Crippen MR) is 111 cm³/mol. The molecule has 2 aromatic heterocycles. The normalized spacial score (nSPS) is 16.5. The lowest BCUT2D eigenvalue weighted by molar-refractivity contribution is 0.190. The van der Waals surface area contributed by atoms with Crippen molar-refractivity contribution < 1.29 is 12.8 Å². The zero-order valence-electron chi connectivity index (χ0n) is 16.1. The number of sulfonamides is 1. The molecule has 0 aliphatic carbocycles. The summed E-state index contributed by atoms with van der Waals surface area (Å²) < 4.78 is 42.4. The first kappa shape index (κ1) is 20.3. The molecule has 1 aliphatic rings. The molecule has 29 heavy (non-hydrogen) atoms. The Balaban J connectivity index is 1.38. The maximum atomic E-state index is 13.4. The Morgan fingerprint density at radius 1 is 1.17 bits per heavy atom. The zero-order chi connectivity index (χ0) is 20.6. The number of aryl methyl sites for hydroxylation is 1. The fourth-order valence-electron chi connectivity index (χ4n) is 3.75. The maximum Gasteiger partial charge on any atom is 0.243 e. The van der Waals surface area contributed by atoms with E-state index in [0.29, 0.717) is 26.2 Å². The molecule has 0 unspecified atom stereocenters. The van der Waals surface area contributed by atoms with Crippen LogP contribution >= 0.6 is 11.6 Å². The van der Waals surface area contributed by atoms with Crippen LogP contribution in [0.15, 0.2) is 47.6 Å². The highest BCUT2D eigenvalue weighted by Crippen LogP contribution is 2.24. The third kappa shape index (κ3) is 4.02. The Kier molecular flexibility index (Phi) is 5.61. The second kappa shape index (κ2) is 8.02. The number of aromatic nitrogens is 2. The molecule has 3 aromatic rings. The molecule has 0 radical (unpaired) electrons. The highest BCUT2D eigenvalue weighted by molar-refractivity contribution is 7.89. The molecular weight excluding hydrogens is 415 g/mol. The number of nitrogens with zero attached hydrogens (tertiary/aromatic N) is 4. The third-order valence-electron chi connectivity index (χ3n) is 5.37. The summed E-state index contributed by atoms with van der Waals surface area (Å²) in [5.74, 6) is -0.626. The first-order valence-corrected chi connectivity index (χ1v) is 11.2. The van der Waals surface area contributed by atoms with E-state index in [-0.39, 0.29) is 9.92 Å². The summed E-state index contributed by atoms with van der Waals surface area (Å²) in [7, 11) is -1.68. The minimum Gasteiger partial charge on any atom is -0.335 e. The van der Waals surface area contributed by atoms with E-state index in [1.54, 1.807) is 6.20 Å². The summed E-state index contributed by atoms with van der Waals surface area (Å²) in [6.45, 7) is 2.95. The molecule has 9 heteroatoms. The summed E-state index contributed by atoms with van der Waals surface area (Å²) >= 11 is 5.75. The molecule has 1 aromatic carbocycles. The molecule has 0 N–H and O–H groups in total. The van der Waals surface area contributed by atoms with Crippen molar-refractivity contribution in [2.24, 2.45) is 7.05 Å². The van der Waals surface area contributed by atoms with Crippen LogP contribution in [0.2, 0.25) is 5.02 Å². The number of hydrogen-bond acceptors (Lipinski definition) is 4. The van der Waals surface area contributed by atoms with E-state index in [9.17, 15) is 12.8 Å². The molecule has 0 amide bonds. The predicted octanol–water partition coefficient (Wildman–Crippen LogP) is 2.91. The van der Waals surface area contributed by atoms with Crippen LogP contribution in [0, 0.1) is 5.82 Å². The molecule has 3 heterocycles. The summed E-state index contributed by atoms with van der Waals surface area (Å²) in [5.41, 5.74) is 2.21. The smallest absolute Gasteiger partial charge is 0.243 e. The van der Waals surface area contributed by atoms with Crippen molar-refractivity contribution in [1.82, 2.24) is 18.8 Å². The minimum absolute atomic E-state index is 0.0283. The molecule has 6 nitrogen and oxygen atoms in total. The van der Waals surface area contributed by atoms with Gasteiger partial charge in [0.2, 0.25) is 10.0 Å². The lowest BCUT2D eigenvalue weighted by Crippen LogP contribution is -2.49. The number of halogens is 2. The van der Waals surface area contributed by atoms with Crippen LogP contribution in [-0.4, -0.2) is 59.9 Å². The second-order valence-electron chi connectivity index (χ2n) is 7.21. The largest absolute Gasteiger partial charge is 0.335 e. The topological polar surface area (TPSA) is 58.4 Å². The SMILES string of the molecule is Cn1cc(CCN2CCN(S(=O)(=O)c3ccc(F)c(Cl)c3)CC2)c2cccnc21. The van der Waals surface area contributed by atoms with E-state index in [0.717, 1.165) is 30.1 Å². The van der Waals surface area contributed by atoms with Gasteiger partial charge in [0.25, 0.3) is 0 Å². The van der Waals surface area contributed by atoms with Gasteiger partial charge in [0.15, 0.2) is 0 Å². The van der Waals surface area contributed by atoms with Crippen molar-refractivity contribution in [3.05, 3.63) is 59.1 Å². The quantitative estimate of drug-likeness (QED) is 0.617. The highest BCUT2D eigenvalue weighted by atomic mass is 35.5. The summed E-state index contributed by atoms with van der Waals surface area (Å²) in [4.78, 5) is 6.71. The van der Waals surface area contributed by atoms with Gasteiger partial charge in [0, 0.05) is 57.6 Å². The van der Waals surface area contributed by atoms with Crippen LogP contribution in [0.25, 0.3) is 11.0 Å². The Morgan fingerprint density at radius 2 is 1.93 bits per heavy atom. The van der Waals surface area contributed by atoms with Crippen LogP contribution in [0.5, 0.6) is 0 Å². The van der Waals surface area contributed by atoms with Crippen molar-refractivity contribution in [2.75, 3.05) is 32.7 Å². The van der Waals surface area contributed by atoms with Crippen molar-refractivity contribution in [3.8, 4) is 0 Å². The fraction of sp³-hybridized carbons (Fsp3) is 0.350. The average Bonchev–Trinajstić information content (AvgIpc) is 3.05. The lowest BCUT2D eigenvalue weighted by atomic mass is 10.1. The van der Waals surface area contributed by atoms with Crippen molar-refractivity contribution in [1.29, 1.82) is 0 Å². The molecule has 0 saturated carbocycles. The van der Waals surface area contributed by atoms with Crippen LogP contribution in [0.4, 0.5) is 4.39 Å². The monoisotopic (exact) mass is 436 g/mol. The number of rotatable bonds is 5. The average molecular weight is 437 g/mol. The molecule has 0 bridgehead atoms. The van der Waals surface area contributed by atoms with E-state index in [1.165, 1.54) is 22.0 Å².